The third kappa shape index (κ3) is 2.77. The van der Waals surface area contributed by atoms with Gasteiger partial charge in [-0.05, 0) is 36.7 Å². The highest BCUT2D eigenvalue weighted by molar-refractivity contribution is 7.17. The highest BCUT2D eigenvalue weighted by Crippen LogP contribution is 2.29. The molecule has 0 aliphatic heterocycles. The number of aliphatic hydroxyl groups excluding tert-OH is 1. The number of carbonyl (C=O) groups excluding carboxylic acids is 1. The zero-order valence-corrected chi connectivity index (χ0v) is 13.2. The highest BCUT2D eigenvalue weighted by Gasteiger charge is 2.17. The molecule has 1 amide bonds. The Hall–Kier alpha value is -2.11. The molecular formula is C17H17NO3S. The molecule has 0 spiro atoms. The summed E-state index contributed by atoms with van der Waals surface area (Å²) in [4.78, 5) is 12.1. The van der Waals surface area contributed by atoms with Gasteiger partial charge in [0.05, 0.1) is 11.7 Å². The van der Waals surface area contributed by atoms with Gasteiger partial charge in [-0.25, -0.2) is 0 Å². The summed E-state index contributed by atoms with van der Waals surface area (Å²) in [5.74, 6) is 1.06. The fourth-order valence-electron chi connectivity index (χ4n) is 2.51. The number of fused-ring (bicyclic) bond motifs is 1. The molecule has 0 bridgehead atoms. The van der Waals surface area contributed by atoms with Crippen LogP contribution in [0.3, 0.4) is 0 Å². The van der Waals surface area contributed by atoms with Crippen molar-refractivity contribution < 1.29 is 14.3 Å². The number of rotatable bonds is 4. The number of aliphatic hydroxyl groups is 1. The predicted octanol–water partition coefficient (Wildman–Crippen LogP) is 3.57. The van der Waals surface area contributed by atoms with Crippen molar-refractivity contribution in [3.05, 3.63) is 58.4 Å². The molecule has 114 valence electrons. The van der Waals surface area contributed by atoms with Crippen LogP contribution in [0.5, 0.6) is 0 Å². The summed E-state index contributed by atoms with van der Waals surface area (Å²) in [6.45, 7) is 3.73. The second-order valence-electron chi connectivity index (χ2n) is 5.24. The Morgan fingerprint density at radius 2 is 2.14 bits per heavy atom. The fourth-order valence-corrected chi connectivity index (χ4v) is 3.52. The average Bonchev–Trinajstić information content (AvgIpc) is 3.07. The molecule has 2 N–H and O–H groups in total. The van der Waals surface area contributed by atoms with E-state index in [0.29, 0.717) is 17.1 Å². The van der Waals surface area contributed by atoms with Gasteiger partial charge >= 0.3 is 0 Å². The number of carbonyl (C=O) groups is 1. The maximum Gasteiger partial charge on any atom is 0.254 e. The summed E-state index contributed by atoms with van der Waals surface area (Å²) in [6.07, 6.45) is -0.728. The van der Waals surface area contributed by atoms with E-state index >= 15 is 0 Å². The molecule has 4 nitrogen and oxygen atoms in total. The molecule has 2 aromatic heterocycles. The summed E-state index contributed by atoms with van der Waals surface area (Å²) in [5, 5.41) is 16.1. The van der Waals surface area contributed by atoms with E-state index < -0.39 is 6.10 Å². The minimum Gasteiger partial charge on any atom is -0.466 e. The number of thiophene rings is 1. The summed E-state index contributed by atoms with van der Waals surface area (Å²) in [5.41, 5.74) is 1.36. The van der Waals surface area contributed by atoms with Gasteiger partial charge in [0.15, 0.2) is 0 Å². The highest BCUT2D eigenvalue weighted by atomic mass is 32.1. The first-order chi connectivity index (χ1) is 10.6. The number of hydrogen-bond acceptors (Lipinski definition) is 4. The van der Waals surface area contributed by atoms with Crippen LogP contribution in [0, 0.1) is 13.8 Å². The number of nitrogens with one attached hydrogen (secondary N) is 1. The van der Waals surface area contributed by atoms with Gasteiger partial charge in [-0.15, -0.1) is 11.3 Å². The summed E-state index contributed by atoms with van der Waals surface area (Å²) < 4.78 is 6.48. The molecule has 0 fully saturated rings. The van der Waals surface area contributed by atoms with E-state index in [2.05, 4.69) is 5.32 Å². The molecule has 0 aliphatic rings. The molecule has 2 heterocycles. The molecular weight excluding hydrogens is 298 g/mol. The van der Waals surface area contributed by atoms with Crippen LogP contribution in [0.25, 0.3) is 10.1 Å². The first kappa shape index (κ1) is 14.8. The maximum atomic E-state index is 12.1. The van der Waals surface area contributed by atoms with E-state index in [1.807, 2.05) is 29.6 Å². The zero-order valence-electron chi connectivity index (χ0n) is 12.4. The molecule has 22 heavy (non-hydrogen) atoms. The van der Waals surface area contributed by atoms with E-state index in [-0.39, 0.29) is 12.5 Å². The lowest BCUT2D eigenvalue weighted by molar-refractivity contribution is 0.0915. The lowest BCUT2D eigenvalue weighted by Crippen LogP contribution is -2.28. The SMILES string of the molecule is Cc1cc(C(=O)NC[C@@H](O)c2csc3ccccc23)c(C)o1. The van der Waals surface area contributed by atoms with Gasteiger partial charge in [-0.1, -0.05) is 18.2 Å². The van der Waals surface area contributed by atoms with Crippen molar-refractivity contribution >= 4 is 27.3 Å². The van der Waals surface area contributed by atoms with E-state index in [0.717, 1.165) is 15.6 Å². The van der Waals surface area contributed by atoms with E-state index in [1.54, 1.807) is 31.3 Å². The van der Waals surface area contributed by atoms with E-state index in [1.165, 1.54) is 0 Å². The number of aryl methyl sites for hydroxylation is 2. The van der Waals surface area contributed by atoms with Gasteiger partial charge in [0.25, 0.3) is 5.91 Å². The van der Waals surface area contributed by atoms with Gasteiger partial charge in [0.1, 0.15) is 11.5 Å². The quantitative estimate of drug-likeness (QED) is 0.773. The first-order valence-corrected chi connectivity index (χ1v) is 7.93. The van der Waals surface area contributed by atoms with Gasteiger partial charge < -0.3 is 14.8 Å². The summed E-state index contributed by atoms with van der Waals surface area (Å²) in [7, 11) is 0. The Kier molecular flexibility index (Phi) is 4.00. The van der Waals surface area contributed by atoms with Crippen LogP contribution in [0.1, 0.15) is 33.5 Å². The lowest BCUT2D eigenvalue weighted by Gasteiger charge is -2.11. The predicted molar refractivity (Wildman–Crippen MR) is 87.3 cm³/mol. The van der Waals surface area contributed by atoms with Crippen molar-refractivity contribution in [2.24, 2.45) is 0 Å². The molecule has 5 heteroatoms. The number of benzene rings is 1. The summed E-state index contributed by atoms with van der Waals surface area (Å²) >= 11 is 1.59. The van der Waals surface area contributed by atoms with Crippen molar-refractivity contribution in [2.45, 2.75) is 20.0 Å². The van der Waals surface area contributed by atoms with Crippen molar-refractivity contribution in [2.75, 3.05) is 6.54 Å². The second kappa shape index (κ2) is 5.94. The number of furan rings is 1. The Balaban J connectivity index is 1.71. The third-order valence-electron chi connectivity index (χ3n) is 3.61. The molecule has 3 aromatic rings. The minimum atomic E-state index is -0.728. The Morgan fingerprint density at radius 1 is 1.36 bits per heavy atom. The standard InChI is InChI=1S/C17H17NO3S/c1-10-7-13(11(2)21-10)17(20)18-8-15(19)14-9-22-16-6-4-3-5-12(14)16/h3-7,9,15,19H,8H2,1-2H3,(H,18,20)/t15-/m1/s1. The van der Waals surface area contributed by atoms with Crippen LogP contribution in [-0.2, 0) is 0 Å². The molecule has 1 aromatic carbocycles. The number of amides is 1. The van der Waals surface area contributed by atoms with Crippen molar-refractivity contribution in [1.82, 2.24) is 5.32 Å². The molecule has 0 aliphatic carbocycles. The molecule has 0 unspecified atom stereocenters. The first-order valence-electron chi connectivity index (χ1n) is 7.05. The third-order valence-corrected chi connectivity index (χ3v) is 4.59. The Bertz CT molecular complexity index is 818. The van der Waals surface area contributed by atoms with Crippen LogP contribution in [0.15, 0.2) is 40.1 Å². The smallest absolute Gasteiger partial charge is 0.254 e. The van der Waals surface area contributed by atoms with E-state index in [4.69, 9.17) is 4.42 Å². The Labute approximate surface area is 132 Å². The Morgan fingerprint density at radius 3 is 2.86 bits per heavy atom. The molecule has 0 saturated carbocycles. The van der Waals surface area contributed by atoms with Gasteiger partial charge in [-0.3, -0.25) is 4.79 Å². The van der Waals surface area contributed by atoms with Crippen molar-refractivity contribution in [1.29, 1.82) is 0 Å². The maximum absolute atomic E-state index is 12.1. The van der Waals surface area contributed by atoms with Gasteiger partial charge in [0.2, 0.25) is 0 Å². The minimum absolute atomic E-state index is 0.170. The van der Waals surface area contributed by atoms with Crippen LogP contribution in [-0.4, -0.2) is 17.6 Å². The largest absolute Gasteiger partial charge is 0.466 e. The van der Waals surface area contributed by atoms with Crippen LogP contribution in [0.2, 0.25) is 0 Å². The normalized spacial score (nSPS) is 12.5. The zero-order chi connectivity index (χ0) is 15.7. The number of hydrogen-bond donors (Lipinski definition) is 2. The molecule has 0 saturated heterocycles. The molecule has 0 radical (unpaired) electrons. The monoisotopic (exact) mass is 315 g/mol. The summed E-state index contributed by atoms with van der Waals surface area (Å²) in [6, 6.07) is 9.63. The lowest BCUT2D eigenvalue weighted by atomic mass is 10.1. The van der Waals surface area contributed by atoms with Crippen LogP contribution >= 0.6 is 11.3 Å². The van der Waals surface area contributed by atoms with Gasteiger partial charge in [-0.2, -0.15) is 0 Å². The average molecular weight is 315 g/mol. The van der Waals surface area contributed by atoms with Gasteiger partial charge in [0, 0.05) is 16.8 Å². The van der Waals surface area contributed by atoms with Crippen LogP contribution < -0.4 is 5.32 Å². The van der Waals surface area contributed by atoms with Crippen molar-refractivity contribution in [3.8, 4) is 0 Å². The van der Waals surface area contributed by atoms with Crippen molar-refractivity contribution in [3.63, 3.8) is 0 Å². The van der Waals surface area contributed by atoms with Crippen LogP contribution in [0.4, 0.5) is 0 Å². The fraction of sp³-hybridized carbons (Fsp3) is 0.235. The molecule has 3 rings (SSSR count). The second-order valence-corrected chi connectivity index (χ2v) is 6.15. The topological polar surface area (TPSA) is 62.5 Å². The van der Waals surface area contributed by atoms with E-state index in [9.17, 15) is 9.90 Å². The molecule has 1 atom stereocenters.